The van der Waals surface area contributed by atoms with Gasteiger partial charge in [0.05, 0.1) is 27.4 Å². The van der Waals surface area contributed by atoms with Crippen LogP contribution in [-0.2, 0) is 0 Å². The number of aromatic nitrogens is 1. The van der Waals surface area contributed by atoms with Gasteiger partial charge in [0.1, 0.15) is 0 Å². The number of carbonyl (C=O) groups excluding carboxylic acids is 1. The lowest BCUT2D eigenvalue weighted by atomic mass is 9.96. The van der Waals surface area contributed by atoms with E-state index in [1.807, 2.05) is 18.2 Å². The van der Waals surface area contributed by atoms with E-state index in [-0.39, 0.29) is 11.9 Å². The first-order valence-electron chi connectivity index (χ1n) is 9.56. The Morgan fingerprint density at radius 1 is 0.900 bits per heavy atom. The quantitative estimate of drug-likeness (QED) is 0.635. The van der Waals surface area contributed by atoms with Crippen LogP contribution in [-0.4, -0.2) is 32.2 Å². The molecule has 0 unspecified atom stereocenters. The van der Waals surface area contributed by atoms with Crippen LogP contribution in [0.4, 0.5) is 0 Å². The zero-order valence-electron chi connectivity index (χ0n) is 17.9. The summed E-state index contributed by atoms with van der Waals surface area (Å²) in [5.41, 5.74) is 4.62. The number of pyridine rings is 1. The summed E-state index contributed by atoms with van der Waals surface area (Å²) in [6, 6.07) is 12.9. The van der Waals surface area contributed by atoms with Gasteiger partial charge in [0, 0.05) is 18.0 Å². The third kappa shape index (κ3) is 4.38. The number of hydrogen-bond acceptors (Lipinski definition) is 5. The second-order valence-electron chi connectivity index (χ2n) is 6.95. The number of benzene rings is 2. The van der Waals surface area contributed by atoms with E-state index in [1.54, 1.807) is 24.5 Å². The minimum absolute atomic E-state index is 0.263. The Morgan fingerprint density at radius 2 is 1.60 bits per heavy atom. The van der Waals surface area contributed by atoms with E-state index >= 15 is 0 Å². The van der Waals surface area contributed by atoms with E-state index in [1.165, 1.54) is 26.9 Å². The maximum absolute atomic E-state index is 13.2. The molecule has 0 spiro atoms. The van der Waals surface area contributed by atoms with E-state index in [9.17, 15) is 4.79 Å². The zero-order chi connectivity index (χ0) is 21.7. The van der Waals surface area contributed by atoms with Crippen LogP contribution < -0.4 is 19.5 Å². The lowest BCUT2D eigenvalue weighted by molar-refractivity contribution is 0.0942. The summed E-state index contributed by atoms with van der Waals surface area (Å²) in [6.07, 6.45) is 3.47. The molecule has 0 bridgehead atoms. The lowest BCUT2D eigenvalue weighted by Crippen LogP contribution is -2.29. The van der Waals surface area contributed by atoms with Crippen molar-refractivity contribution in [1.29, 1.82) is 0 Å². The SMILES string of the molecule is COc1cc(C(=O)N[C@H](c2cccnc2)c2ccc(C)c(C)c2)cc(OC)c1OC. The zero-order valence-corrected chi connectivity index (χ0v) is 17.9. The van der Waals surface area contributed by atoms with E-state index in [0.717, 1.165) is 16.7 Å². The molecule has 3 aromatic rings. The predicted molar refractivity (Wildman–Crippen MR) is 116 cm³/mol. The number of ether oxygens (including phenoxy) is 3. The van der Waals surface area contributed by atoms with E-state index in [4.69, 9.17) is 14.2 Å². The van der Waals surface area contributed by atoms with Crippen LogP contribution in [0.2, 0.25) is 0 Å². The van der Waals surface area contributed by atoms with Crippen LogP contribution in [0.3, 0.4) is 0 Å². The molecule has 0 saturated carbocycles. The molecule has 0 saturated heterocycles. The maximum atomic E-state index is 13.2. The lowest BCUT2D eigenvalue weighted by Gasteiger charge is -2.21. The predicted octanol–water partition coefficient (Wildman–Crippen LogP) is 4.24. The van der Waals surface area contributed by atoms with Crippen LogP contribution in [0, 0.1) is 13.8 Å². The van der Waals surface area contributed by atoms with Gasteiger partial charge in [-0.3, -0.25) is 9.78 Å². The van der Waals surface area contributed by atoms with Gasteiger partial charge >= 0.3 is 0 Å². The second kappa shape index (κ2) is 9.31. The molecule has 6 heteroatoms. The van der Waals surface area contributed by atoms with Gasteiger partial charge in [-0.05, 0) is 54.3 Å². The Bertz CT molecular complexity index is 1010. The van der Waals surface area contributed by atoms with Crippen molar-refractivity contribution in [2.24, 2.45) is 0 Å². The van der Waals surface area contributed by atoms with Crippen LogP contribution in [0.25, 0.3) is 0 Å². The first-order valence-corrected chi connectivity index (χ1v) is 9.56. The normalized spacial score (nSPS) is 11.5. The molecule has 1 aromatic heterocycles. The second-order valence-corrected chi connectivity index (χ2v) is 6.95. The van der Waals surface area contributed by atoms with Crippen molar-refractivity contribution in [2.45, 2.75) is 19.9 Å². The summed E-state index contributed by atoms with van der Waals surface area (Å²) < 4.78 is 16.1. The highest BCUT2D eigenvalue weighted by Crippen LogP contribution is 2.38. The topological polar surface area (TPSA) is 69.7 Å². The minimum Gasteiger partial charge on any atom is -0.493 e. The van der Waals surface area contributed by atoms with Crippen molar-refractivity contribution >= 4 is 5.91 Å². The van der Waals surface area contributed by atoms with Gasteiger partial charge in [-0.1, -0.05) is 24.3 Å². The average molecular weight is 406 g/mol. The van der Waals surface area contributed by atoms with Gasteiger partial charge < -0.3 is 19.5 Å². The van der Waals surface area contributed by atoms with Crippen molar-refractivity contribution in [1.82, 2.24) is 10.3 Å². The molecule has 0 aliphatic carbocycles. The first-order chi connectivity index (χ1) is 14.5. The molecule has 1 amide bonds. The van der Waals surface area contributed by atoms with Crippen molar-refractivity contribution in [3.05, 3.63) is 82.7 Å². The Balaban J connectivity index is 2.01. The van der Waals surface area contributed by atoms with Gasteiger partial charge in [-0.15, -0.1) is 0 Å². The van der Waals surface area contributed by atoms with Gasteiger partial charge in [0.15, 0.2) is 11.5 Å². The van der Waals surface area contributed by atoms with Gasteiger partial charge in [-0.2, -0.15) is 0 Å². The molecule has 1 atom stereocenters. The fourth-order valence-corrected chi connectivity index (χ4v) is 3.28. The molecule has 6 nitrogen and oxygen atoms in total. The number of nitrogens with zero attached hydrogens (tertiary/aromatic N) is 1. The highest BCUT2D eigenvalue weighted by Gasteiger charge is 2.22. The Morgan fingerprint density at radius 3 is 2.13 bits per heavy atom. The molecule has 3 rings (SSSR count). The molecular weight excluding hydrogens is 380 g/mol. The van der Waals surface area contributed by atoms with Crippen LogP contribution in [0.15, 0.2) is 54.9 Å². The standard InChI is InChI=1S/C24H26N2O4/c1-15-8-9-17(11-16(15)2)22(18-7-6-10-25-14-18)26-24(27)19-12-20(28-3)23(30-5)21(13-19)29-4/h6-14,22H,1-5H3,(H,26,27)/t22-/m0/s1. The number of rotatable bonds is 7. The van der Waals surface area contributed by atoms with E-state index < -0.39 is 0 Å². The first kappa shape index (κ1) is 21.2. The number of aryl methyl sites for hydroxylation is 2. The number of hydrogen-bond donors (Lipinski definition) is 1. The molecule has 156 valence electrons. The van der Waals surface area contributed by atoms with Crippen LogP contribution >= 0.6 is 0 Å². The third-order valence-corrected chi connectivity index (χ3v) is 5.08. The van der Waals surface area contributed by atoms with Gasteiger partial charge in [-0.25, -0.2) is 0 Å². The summed E-state index contributed by atoms with van der Waals surface area (Å²) in [4.78, 5) is 17.4. The van der Waals surface area contributed by atoms with Crippen LogP contribution in [0.1, 0.15) is 38.7 Å². The summed E-state index contributed by atoms with van der Waals surface area (Å²) in [5, 5.41) is 3.12. The summed E-state index contributed by atoms with van der Waals surface area (Å²) >= 11 is 0. The number of amides is 1. The molecule has 1 heterocycles. The molecule has 0 aliphatic heterocycles. The summed E-state index contributed by atoms with van der Waals surface area (Å²) in [5.74, 6) is 1.02. The molecule has 30 heavy (non-hydrogen) atoms. The van der Waals surface area contributed by atoms with Crippen molar-refractivity contribution in [3.63, 3.8) is 0 Å². The molecule has 1 N–H and O–H groups in total. The van der Waals surface area contributed by atoms with E-state index in [0.29, 0.717) is 22.8 Å². The van der Waals surface area contributed by atoms with E-state index in [2.05, 4.69) is 36.3 Å². The number of carbonyl (C=O) groups is 1. The molecule has 2 aromatic carbocycles. The fourth-order valence-electron chi connectivity index (χ4n) is 3.28. The smallest absolute Gasteiger partial charge is 0.252 e. The third-order valence-electron chi connectivity index (χ3n) is 5.08. The highest BCUT2D eigenvalue weighted by molar-refractivity contribution is 5.96. The fraction of sp³-hybridized carbons (Fsp3) is 0.250. The average Bonchev–Trinajstić information content (AvgIpc) is 2.78. The van der Waals surface area contributed by atoms with Crippen molar-refractivity contribution in [2.75, 3.05) is 21.3 Å². The van der Waals surface area contributed by atoms with Gasteiger partial charge in [0.2, 0.25) is 5.75 Å². The van der Waals surface area contributed by atoms with Crippen LogP contribution in [0.5, 0.6) is 17.2 Å². The number of nitrogens with one attached hydrogen (secondary N) is 1. The summed E-state index contributed by atoms with van der Waals surface area (Å²) in [6.45, 7) is 4.12. The van der Waals surface area contributed by atoms with Gasteiger partial charge in [0.25, 0.3) is 5.91 Å². The highest BCUT2D eigenvalue weighted by atomic mass is 16.5. The Labute approximate surface area is 176 Å². The molecule has 0 aliphatic rings. The van der Waals surface area contributed by atoms with Crippen molar-refractivity contribution < 1.29 is 19.0 Å². The Kier molecular flexibility index (Phi) is 6.57. The minimum atomic E-state index is -0.357. The number of methoxy groups -OCH3 is 3. The van der Waals surface area contributed by atoms with Crippen molar-refractivity contribution in [3.8, 4) is 17.2 Å². The molecule has 0 radical (unpaired) electrons. The largest absolute Gasteiger partial charge is 0.493 e. The monoisotopic (exact) mass is 406 g/mol. The summed E-state index contributed by atoms with van der Waals surface area (Å²) in [7, 11) is 4.57. The molecular formula is C24H26N2O4. The Hall–Kier alpha value is -3.54. The maximum Gasteiger partial charge on any atom is 0.252 e. The molecule has 0 fully saturated rings.